The van der Waals surface area contributed by atoms with Gasteiger partial charge in [0.15, 0.2) is 0 Å². The molecule has 0 radical (unpaired) electrons. The van der Waals surface area contributed by atoms with Gasteiger partial charge in [0.05, 0.1) is 5.69 Å². The molecule has 21 heavy (non-hydrogen) atoms. The number of nitrogens with one attached hydrogen (secondary N) is 1. The largest absolute Gasteiger partial charge is 0.384 e. The summed E-state index contributed by atoms with van der Waals surface area (Å²) in [6.07, 6.45) is 3.94. The van der Waals surface area contributed by atoms with Crippen LogP contribution < -0.4 is 5.32 Å². The van der Waals surface area contributed by atoms with Crippen molar-refractivity contribution in [1.82, 2.24) is 9.29 Å². The molecule has 0 fully saturated rings. The van der Waals surface area contributed by atoms with Crippen molar-refractivity contribution in [3.63, 3.8) is 0 Å². The van der Waals surface area contributed by atoms with Gasteiger partial charge >= 0.3 is 0 Å². The zero-order chi connectivity index (χ0) is 16.3. The van der Waals surface area contributed by atoms with Crippen LogP contribution in [-0.4, -0.2) is 37.3 Å². The summed E-state index contributed by atoms with van der Waals surface area (Å²) in [5.74, 6) is 0. The Labute approximate surface area is 128 Å². The normalized spacial score (nSPS) is 14.2. The van der Waals surface area contributed by atoms with E-state index in [0.29, 0.717) is 5.69 Å². The minimum Gasteiger partial charge on any atom is -0.384 e. The van der Waals surface area contributed by atoms with E-state index in [1.165, 1.54) is 10.5 Å². The van der Waals surface area contributed by atoms with Crippen LogP contribution in [0, 0.1) is 5.41 Å². The zero-order valence-electron chi connectivity index (χ0n) is 13.8. The van der Waals surface area contributed by atoms with Gasteiger partial charge in [-0.15, -0.1) is 0 Å². The monoisotopic (exact) mass is 313 g/mol. The van der Waals surface area contributed by atoms with Crippen LogP contribution in [0.1, 0.15) is 41.0 Å². The van der Waals surface area contributed by atoms with E-state index in [-0.39, 0.29) is 16.4 Å². The third-order valence-corrected chi connectivity index (χ3v) is 5.76. The quantitative estimate of drug-likeness (QED) is 0.877. The van der Waals surface area contributed by atoms with E-state index >= 15 is 0 Å². The van der Waals surface area contributed by atoms with E-state index in [4.69, 9.17) is 0 Å². The molecule has 120 valence electrons. The summed E-state index contributed by atoms with van der Waals surface area (Å²) in [6, 6.07) is 1.58. The van der Waals surface area contributed by atoms with Gasteiger partial charge in [0.2, 0.25) is 10.0 Å². The molecule has 0 amide bonds. The smallest absolute Gasteiger partial charge is 0.246 e. The second-order valence-electron chi connectivity index (χ2n) is 6.36. The number of rotatable bonds is 6. The molecular weight excluding hydrogens is 286 g/mol. The Balaban J connectivity index is 3.19. The van der Waals surface area contributed by atoms with Crippen LogP contribution in [0.2, 0.25) is 0 Å². The molecule has 0 spiro atoms. The van der Waals surface area contributed by atoms with E-state index in [2.05, 4.69) is 10.3 Å². The highest BCUT2D eigenvalue weighted by molar-refractivity contribution is 7.89. The topological polar surface area (TPSA) is 62.3 Å². The average molecular weight is 313 g/mol. The Morgan fingerprint density at radius 3 is 2.52 bits per heavy atom. The fourth-order valence-electron chi connectivity index (χ4n) is 1.90. The maximum atomic E-state index is 12.9. The molecule has 0 aliphatic heterocycles. The molecule has 1 N–H and O–H groups in total. The molecule has 0 saturated carbocycles. The van der Waals surface area contributed by atoms with Gasteiger partial charge < -0.3 is 5.32 Å². The van der Waals surface area contributed by atoms with Gasteiger partial charge in [-0.1, -0.05) is 27.7 Å². The van der Waals surface area contributed by atoms with Crippen LogP contribution >= 0.6 is 0 Å². The van der Waals surface area contributed by atoms with Crippen molar-refractivity contribution in [3.8, 4) is 0 Å². The SMILES string of the molecule is CCCNc1ccncc1S(=O)(=O)N(C)C(C)C(C)(C)C. The van der Waals surface area contributed by atoms with E-state index in [1.54, 1.807) is 19.3 Å². The number of pyridine rings is 1. The molecule has 1 heterocycles. The molecule has 1 aromatic rings. The molecule has 0 aliphatic carbocycles. The summed E-state index contributed by atoms with van der Waals surface area (Å²) in [5, 5.41) is 3.16. The van der Waals surface area contributed by atoms with Gasteiger partial charge in [-0.25, -0.2) is 8.42 Å². The number of anilines is 1. The first-order valence-electron chi connectivity index (χ1n) is 7.28. The van der Waals surface area contributed by atoms with Crippen molar-refractivity contribution >= 4 is 15.7 Å². The lowest BCUT2D eigenvalue weighted by molar-refractivity contribution is 0.216. The van der Waals surface area contributed by atoms with Gasteiger partial charge in [0.25, 0.3) is 0 Å². The molecule has 0 aliphatic rings. The number of hydrogen-bond donors (Lipinski definition) is 1. The average Bonchev–Trinajstić information content (AvgIpc) is 2.42. The molecular formula is C15H27N3O2S. The third-order valence-electron chi connectivity index (χ3n) is 3.81. The molecule has 0 saturated heterocycles. The fourth-order valence-corrected chi connectivity index (χ4v) is 3.55. The second-order valence-corrected chi connectivity index (χ2v) is 8.33. The summed E-state index contributed by atoms with van der Waals surface area (Å²) in [7, 11) is -1.95. The van der Waals surface area contributed by atoms with Crippen molar-refractivity contribution in [3.05, 3.63) is 18.5 Å². The highest BCUT2D eigenvalue weighted by atomic mass is 32.2. The molecule has 0 bridgehead atoms. The standard InChI is InChI=1S/C15H27N3O2S/c1-7-9-17-13-8-10-16-11-14(13)21(19,20)18(6)12(2)15(3,4)5/h8,10-12H,7,9H2,1-6H3,(H,16,17). The molecule has 1 rings (SSSR count). The Morgan fingerprint density at radius 1 is 1.38 bits per heavy atom. The van der Waals surface area contributed by atoms with E-state index in [0.717, 1.165) is 13.0 Å². The second kappa shape index (κ2) is 6.75. The minimum atomic E-state index is -3.57. The molecule has 0 aromatic carbocycles. The lowest BCUT2D eigenvalue weighted by atomic mass is 9.88. The van der Waals surface area contributed by atoms with E-state index in [1.807, 2.05) is 34.6 Å². The lowest BCUT2D eigenvalue weighted by Gasteiger charge is -2.34. The molecule has 5 nitrogen and oxygen atoms in total. The summed E-state index contributed by atoms with van der Waals surface area (Å²) in [4.78, 5) is 4.21. The number of aromatic nitrogens is 1. The van der Waals surface area contributed by atoms with Crippen LogP contribution in [0.5, 0.6) is 0 Å². The third kappa shape index (κ3) is 4.17. The van der Waals surface area contributed by atoms with Crippen LogP contribution in [0.4, 0.5) is 5.69 Å². The van der Waals surface area contributed by atoms with E-state index < -0.39 is 10.0 Å². The van der Waals surface area contributed by atoms with Gasteiger partial charge in [0, 0.05) is 32.0 Å². The molecule has 1 atom stereocenters. The van der Waals surface area contributed by atoms with Crippen molar-refractivity contribution in [2.45, 2.75) is 52.0 Å². The van der Waals surface area contributed by atoms with Crippen molar-refractivity contribution in [2.75, 3.05) is 18.9 Å². The highest BCUT2D eigenvalue weighted by Gasteiger charge is 2.33. The number of nitrogens with zero attached hydrogens (tertiary/aromatic N) is 2. The molecule has 6 heteroatoms. The summed E-state index contributed by atoms with van der Waals surface area (Å²) in [6.45, 7) is 10.8. The maximum Gasteiger partial charge on any atom is 0.246 e. The Morgan fingerprint density at radius 2 is 2.00 bits per heavy atom. The zero-order valence-corrected chi connectivity index (χ0v) is 14.7. The van der Waals surface area contributed by atoms with Gasteiger partial charge in [-0.2, -0.15) is 4.31 Å². The maximum absolute atomic E-state index is 12.9. The van der Waals surface area contributed by atoms with E-state index in [9.17, 15) is 8.42 Å². The summed E-state index contributed by atoms with van der Waals surface area (Å²) >= 11 is 0. The van der Waals surface area contributed by atoms with Crippen LogP contribution in [0.3, 0.4) is 0 Å². The Kier molecular flexibility index (Phi) is 5.75. The highest BCUT2D eigenvalue weighted by Crippen LogP contribution is 2.30. The lowest BCUT2D eigenvalue weighted by Crippen LogP contribution is -2.43. The summed E-state index contributed by atoms with van der Waals surface area (Å²) < 4.78 is 27.1. The van der Waals surface area contributed by atoms with Crippen LogP contribution in [0.15, 0.2) is 23.4 Å². The van der Waals surface area contributed by atoms with Crippen molar-refractivity contribution in [1.29, 1.82) is 0 Å². The number of hydrogen-bond acceptors (Lipinski definition) is 4. The predicted molar refractivity (Wildman–Crippen MR) is 86.9 cm³/mol. The summed E-state index contributed by atoms with van der Waals surface area (Å²) in [5.41, 5.74) is 0.473. The van der Waals surface area contributed by atoms with Crippen molar-refractivity contribution in [2.24, 2.45) is 5.41 Å². The fraction of sp³-hybridized carbons (Fsp3) is 0.667. The Bertz CT molecular complexity index is 565. The van der Waals surface area contributed by atoms with Gasteiger partial charge in [-0.05, 0) is 24.8 Å². The Hall–Kier alpha value is -1.14. The molecule has 1 aromatic heterocycles. The van der Waals surface area contributed by atoms with Crippen LogP contribution in [0.25, 0.3) is 0 Å². The van der Waals surface area contributed by atoms with Gasteiger partial charge in [0.1, 0.15) is 4.90 Å². The minimum absolute atomic E-state index is 0.123. The first-order valence-corrected chi connectivity index (χ1v) is 8.72. The number of sulfonamides is 1. The van der Waals surface area contributed by atoms with Crippen LogP contribution in [-0.2, 0) is 10.0 Å². The van der Waals surface area contributed by atoms with Crippen molar-refractivity contribution < 1.29 is 8.42 Å². The van der Waals surface area contributed by atoms with Gasteiger partial charge in [-0.3, -0.25) is 4.98 Å². The first kappa shape index (κ1) is 17.9. The molecule has 1 unspecified atom stereocenters. The predicted octanol–water partition coefficient (Wildman–Crippen LogP) is 2.96. The first-order chi connectivity index (χ1) is 9.62.